The summed E-state index contributed by atoms with van der Waals surface area (Å²) in [6.07, 6.45) is 6.14. The minimum atomic E-state index is 0.622. The van der Waals surface area contributed by atoms with E-state index in [4.69, 9.17) is 11.6 Å². The second-order valence-electron chi connectivity index (χ2n) is 4.66. The van der Waals surface area contributed by atoms with E-state index >= 15 is 0 Å². The summed E-state index contributed by atoms with van der Waals surface area (Å²) in [5.41, 5.74) is 2.01. The first-order valence-electron chi connectivity index (χ1n) is 6.07. The molecular formula is C12H20ClN3S. The van der Waals surface area contributed by atoms with Gasteiger partial charge in [-0.1, -0.05) is 18.0 Å². The molecule has 0 radical (unpaired) electrons. The van der Waals surface area contributed by atoms with Crippen LogP contribution < -0.4 is 5.32 Å². The smallest absolute Gasteiger partial charge is 0.0860 e. The molecule has 1 aliphatic rings. The second kappa shape index (κ2) is 5.63. The van der Waals surface area contributed by atoms with Gasteiger partial charge in [-0.25, -0.2) is 0 Å². The molecule has 0 saturated heterocycles. The van der Waals surface area contributed by atoms with Crippen molar-refractivity contribution >= 4 is 23.4 Å². The first kappa shape index (κ1) is 13.2. The van der Waals surface area contributed by atoms with Crippen LogP contribution in [0.25, 0.3) is 0 Å². The lowest BCUT2D eigenvalue weighted by Gasteiger charge is -2.19. The number of nitrogens with zero attached hydrogens (tertiary/aromatic N) is 2. The molecule has 5 heteroatoms. The molecule has 1 N–H and O–H groups in total. The number of aromatic nitrogens is 2. The van der Waals surface area contributed by atoms with Gasteiger partial charge in [0.2, 0.25) is 0 Å². The van der Waals surface area contributed by atoms with Crippen LogP contribution in [0.2, 0.25) is 5.02 Å². The summed E-state index contributed by atoms with van der Waals surface area (Å²) in [4.78, 5) is 0. The Hall–Kier alpha value is -0.190. The van der Waals surface area contributed by atoms with Gasteiger partial charge >= 0.3 is 0 Å². The predicted octanol–water partition coefficient (Wildman–Crippen LogP) is 2.76. The highest BCUT2D eigenvalue weighted by atomic mass is 35.5. The molecule has 0 spiro atoms. The van der Waals surface area contributed by atoms with E-state index in [1.165, 1.54) is 19.3 Å². The average Bonchev–Trinajstić information content (AvgIpc) is 2.84. The maximum absolute atomic E-state index is 6.24. The number of aryl methyl sites for hydroxylation is 2. The lowest BCUT2D eigenvalue weighted by atomic mass is 10.2. The van der Waals surface area contributed by atoms with Crippen LogP contribution >= 0.6 is 23.4 Å². The third kappa shape index (κ3) is 2.80. The molecule has 1 fully saturated rings. The van der Waals surface area contributed by atoms with Crippen molar-refractivity contribution in [3.8, 4) is 0 Å². The van der Waals surface area contributed by atoms with Crippen LogP contribution in [-0.2, 0) is 13.6 Å². The molecular weight excluding hydrogens is 254 g/mol. The SMILES string of the molecule is CSC1CCCC1NCc1c(Cl)c(C)nn1C. The van der Waals surface area contributed by atoms with Crippen molar-refractivity contribution in [3.63, 3.8) is 0 Å². The van der Waals surface area contributed by atoms with Crippen molar-refractivity contribution in [2.75, 3.05) is 6.26 Å². The maximum Gasteiger partial charge on any atom is 0.0860 e. The fourth-order valence-electron chi connectivity index (χ4n) is 2.54. The summed E-state index contributed by atoms with van der Waals surface area (Å²) in [5, 5.41) is 9.52. The largest absolute Gasteiger partial charge is 0.307 e. The Morgan fingerprint density at radius 1 is 1.53 bits per heavy atom. The predicted molar refractivity (Wildman–Crippen MR) is 74.7 cm³/mol. The van der Waals surface area contributed by atoms with Crippen molar-refractivity contribution in [2.24, 2.45) is 7.05 Å². The average molecular weight is 274 g/mol. The Balaban J connectivity index is 1.97. The summed E-state index contributed by atoms with van der Waals surface area (Å²) in [7, 11) is 1.95. The van der Waals surface area contributed by atoms with E-state index in [9.17, 15) is 0 Å². The van der Waals surface area contributed by atoms with E-state index in [-0.39, 0.29) is 0 Å². The molecule has 1 saturated carbocycles. The number of rotatable bonds is 4. The molecule has 3 nitrogen and oxygen atoms in total. The third-order valence-electron chi connectivity index (χ3n) is 3.55. The van der Waals surface area contributed by atoms with Crippen LogP contribution in [0.5, 0.6) is 0 Å². The fourth-order valence-corrected chi connectivity index (χ4v) is 3.73. The van der Waals surface area contributed by atoms with Crippen molar-refractivity contribution in [3.05, 3.63) is 16.4 Å². The summed E-state index contributed by atoms with van der Waals surface area (Å²) >= 11 is 8.21. The molecule has 2 unspecified atom stereocenters. The topological polar surface area (TPSA) is 29.9 Å². The lowest BCUT2D eigenvalue weighted by molar-refractivity contribution is 0.514. The first-order chi connectivity index (χ1) is 8.13. The molecule has 1 heterocycles. The highest BCUT2D eigenvalue weighted by Crippen LogP contribution is 2.29. The number of nitrogens with one attached hydrogen (secondary N) is 1. The molecule has 0 aliphatic heterocycles. The van der Waals surface area contributed by atoms with E-state index in [1.807, 2.05) is 30.4 Å². The van der Waals surface area contributed by atoms with Gasteiger partial charge in [-0.15, -0.1) is 0 Å². The number of halogens is 1. The van der Waals surface area contributed by atoms with Crippen LogP contribution in [0.15, 0.2) is 0 Å². The van der Waals surface area contributed by atoms with Crippen LogP contribution in [0.4, 0.5) is 0 Å². The zero-order valence-corrected chi connectivity index (χ0v) is 12.2. The summed E-state index contributed by atoms with van der Waals surface area (Å²) in [6, 6.07) is 0.622. The number of hydrogen-bond donors (Lipinski definition) is 1. The van der Waals surface area contributed by atoms with Gasteiger partial charge in [0, 0.05) is 24.9 Å². The fraction of sp³-hybridized carbons (Fsp3) is 0.750. The van der Waals surface area contributed by atoms with Crippen molar-refractivity contribution in [1.82, 2.24) is 15.1 Å². The lowest BCUT2D eigenvalue weighted by Crippen LogP contribution is -2.34. The molecule has 0 bridgehead atoms. The molecule has 1 aliphatic carbocycles. The Morgan fingerprint density at radius 2 is 2.29 bits per heavy atom. The van der Waals surface area contributed by atoms with Gasteiger partial charge in [0.15, 0.2) is 0 Å². The number of thioether (sulfide) groups is 1. The molecule has 1 aromatic rings. The van der Waals surface area contributed by atoms with Crippen molar-refractivity contribution in [1.29, 1.82) is 0 Å². The van der Waals surface area contributed by atoms with E-state index < -0.39 is 0 Å². The maximum atomic E-state index is 6.24. The monoisotopic (exact) mass is 273 g/mol. The van der Waals surface area contributed by atoms with Crippen LogP contribution in [-0.4, -0.2) is 27.3 Å². The molecule has 17 heavy (non-hydrogen) atoms. The van der Waals surface area contributed by atoms with Crippen LogP contribution in [0, 0.1) is 6.92 Å². The van der Waals surface area contributed by atoms with Gasteiger partial charge in [-0.2, -0.15) is 16.9 Å². The zero-order chi connectivity index (χ0) is 12.4. The van der Waals surface area contributed by atoms with E-state index in [0.29, 0.717) is 6.04 Å². The Morgan fingerprint density at radius 3 is 2.88 bits per heavy atom. The standard InChI is InChI=1S/C12H20ClN3S/c1-8-12(13)10(16(2)15-8)7-14-9-5-4-6-11(9)17-3/h9,11,14H,4-7H2,1-3H3. The summed E-state index contributed by atoms with van der Waals surface area (Å²) < 4.78 is 1.88. The molecule has 96 valence electrons. The Bertz CT molecular complexity index is 391. The minimum Gasteiger partial charge on any atom is -0.307 e. The van der Waals surface area contributed by atoms with Gasteiger partial charge in [0.05, 0.1) is 16.4 Å². The van der Waals surface area contributed by atoms with E-state index in [0.717, 1.165) is 28.2 Å². The highest BCUT2D eigenvalue weighted by molar-refractivity contribution is 7.99. The molecule has 1 aromatic heterocycles. The normalized spacial score (nSPS) is 24.5. The third-order valence-corrected chi connectivity index (χ3v) is 5.21. The quantitative estimate of drug-likeness (QED) is 0.915. The van der Waals surface area contributed by atoms with Gasteiger partial charge in [0.1, 0.15) is 0 Å². The minimum absolute atomic E-state index is 0.622. The first-order valence-corrected chi connectivity index (χ1v) is 7.74. The molecule has 2 rings (SSSR count). The van der Waals surface area contributed by atoms with Crippen LogP contribution in [0.3, 0.4) is 0 Å². The Kier molecular flexibility index (Phi) is 4.39. The summed E-state index contributed by atoms with van der Waals surface area (Å²) in [6.45, 7) is 2.77. The molecule has 0 aromatic carbocycles. The number of hydrogen-bond acceptors (Lipinski definition) is 3. The van der Waals surface area contributed by atoms with E-state index in [2.05, 4.69) is 16.7 Å². The summed E-state index contributed by atoms with van der Waals surface area (Å²) in [5.74, 6) is 0. The molecule has 2 atom stereocenters. The van der Waals surface area contributed by atoms with Crippen LogP contribution in [0.1, 0.15) is 30.7 Å². The van der Waals surface area contributed by atoms with Crippen molar-refractivity contribution < 1.29 is 0 Å². The highest BCUT2D eigenvalue weighted by Gasteiger charge is 2.26. The van der Waals surface area contributed by atoms with Gasteiger partial charge in [-0.05, 0) is 26.0 Å². The van der Waals surface area contributed by atoms with Crippen molar-refractivity contribution in [2.45, 2.75) is 44.0 Å². The zero-order valence-electron chi connectivity index (χ0n) is 10.7. The Labute approximate surface area is 112 Å². The van der Waals surface area contributed by atoms with Gasteiger partial charge in [0.25, 0.3) is 0 Å². The van der Waals surface area contributed by atoms with Gasteiger partial charge in [-0.3, -0.25) is 4.68 Å². The van der Waals surface area contributed by atoms with Gasteiger partial charge < -0.3 is 5.32 Å². The second-order valence-corrected chi connectivity index (χ2v) is 6.12. The molecule has 0 amide bonds. The van der Waals surface area contributed by atoms with E-state index in [1.54, 1.807) is 0 Å².